The third kappa shape index (κ3) is 6.66. The Morgan fingerprint density at radius 2 is 1.97 bits per heavy atom. The smallest absolute Gasteiger partial charge is 0.280 e. The Labute approximate surface area is 224 Å². The molecule has 1 aliphatic carbocycles. The van der Waals surface area contributed by atoms with Gasteiger partial charge in [0.2, 0.25) is 5.88 Å². The molecule has 202 valence electrons. The van der Waals surface area contributed by atoms with E-state index < -0.39 is 6.43 Å². The molecule has 4 heterocycles. The first-order valence-corrected chi connectivity index (χ1v) is 13.0. The number of rotatable bonds is 7. The van der Waals surface area contributed by atoms with Gasteiger partial charge in [-0.3, -0.25) is 14.8 Å². The number of fused-ring (bicyclic) bond motifs is 1. The van der Waals surface area contributed by atoms with Gasteiger partial charge in [0, 0.05) is 18.9 Å². The van der Waals surface area contributed by atoms with Gasteiger partial charge in [0.05, 0.1) is 31.7 Å². The second-order valence-corrected chi connectivity index (χ2v) is 10.1. The van der Waals surface area contributed by atoms with Gasteiger partial charge in [0.1, 0.15) is 16.5 Å². The molecule has 12 heteroatoms. The molecule has 1 aliphatic heterocycles. The lowest BCUT2D eigenvalue weighted by molar-refractivity contribution is 0.0949. The fourth-order valence-electron chi connectivity index (χ4n) is 3.72. The van der Waals surface area contributed by atoms with Crippen molar-refractivity contribution in [3.05, 3.63) is 59.3 Å². The molecular weight excluding hydrogens is 514 g/mol. The Kier molecular flexibility index (Phi) is 8.93. The first-order valence-electron chi connectivity index (χ1n) is 12.2. The number of alkyl halides is 2. The van der Waals surface area contributed by atoms with Crippen LogP contribution in [0.3, 0.4) is 0 Å². The monoisotopic (exact) mass is 544 g/mol. The molecule has 0 bridgehead atoms. The number of hydrogen-bond donors (Lipinski definition) is 1. The van der Waals surface area contributed by atoms with Crippen molar-refractivity contribution >= 4 is 23.5 Å². The largest absolute Gasteiger partial charge is 0.495 e. The van der Waals surface area contributed by atoms with Gasteiger partial charge < -0.3 is 19.7 Å². The molecule has 2 aliphatic rings. The van der Waals surface area contributed by atoms with Crippen molar-refractivity contribution in [3.8, 4) is 11.6 Å². The maximum absolute atomic E-state index is 12.4. The van der Waals surface area contributed by atoms with Crippen LogP contribution >= 0.6 is 11.8 Å². The van der Waals surface area contributed by atoms with E-state index in [-0.39, 0.29) is 17.1 Å². The maximum atomic E-state index is 12.4. The summed E-state index contributed by atoms with van der Waals surface area (Å²) < 4.78 is 34.8. The number of ether oxygens (including phenoxy) is 2. The number of methoxy groups -OCH3 is 1. The minimum absolute atomic E-state index is 0.170. The minimum atomic E-state index is -2.52. The van der Waals surface area contributed by atoms with E-state index in [0.717, 1.165) is 16.5 Å². The number of aromatic nitrogens is 4. The predicted octanol–water partition coefficient (Wildman–Crippen LogP) is 4.95. The quantitative estimate of drug-likeness (QED) is 0.443. The van der Waals surface area contributed by atoms with Gasteiger partial charge in [-0.2, -0.15) is 0 Å². The predicted molar refractivity (Wildman–Crippen MR) is 140 cm³/mol. The molecule has 1 saturated carbocycles. The van der Waals surface area contributed by atoms with E-state index in [1.54, 1.807) is 25.4 Å². The summed E-state index contributed by atoms with van der Waals surface area (Å²) in [6.45, 7) is 4.29. The van der Waals surface area contributed by atoms with E-state index in [2.05, 4.69) is 25.3 Å². The maximum Gasteiger partial charge on any atom is 0.280 e. The zero-order valence-electron chi connectivity index (χ0n) is 21.6. The van der Waals surface area contributed by atoms with Crippen molar-refractivity contribution in [1.29, 1.82) is 0 Å². The second kappa shape index (κ2) is 12.3. The molecule has 38 heavy (non-hydrogen) atoms. The zero-order valence-corrected chi connectivity index (χ0v) is 22.5. The Hall–Kier alpha value is -3.54. The first-order chi connectivity index (χ1) is 18.2. The number of halogens is 2. The van der Waals surface area contributed by atoms with Gasteiger partial charge in [-0.1, -0.05) is 18.2 Å². The molecule has 0 radical (unpaired) electrons. The Balaban J connectivity index is 0.000000236. The van der Waals surface area contributed by atoms with Crippen LogP contribution in [0.1, 0.15) is 53.0 Å². The highest BCUT2D eigenvalue weighted by molar-refractivity contribution is 8.00. The summed E-state index contributed by atoms with van der Waals surface area (Å²) in [6.07, 6.45) is 5.78. The Morgan fingerprint density at radius 1 is 1.18 bits per heavy atom. The molecule has 9 nitrogen and oxygen atoms in total. The first kappa shape index (κ1) is 27.5. The van der Waals surface area contributed by atoms with Crippen LogP contribution in [-0.2, 0) is 0 Å². The van der Waals surface area contributed by atoms with E-state index in [1.165, 1.54) is 50.4 Å². The molecule has 0 saturated heterocycles. The molecule has 5 rings (SSSR count). The molecule has 1 atom stereocenters. The number of pyridine rings is 2. The van der Waals surface area contributed by atoms with Crippen LogP contribution in [0.15, 0.2) is 41.8 Å². The highest BCUT2D eigenvalue weighted by Gasteiger charge is 2.32. The molecule has 3 aromatic heterocycles. The third-order valence-corrected chi connectivity index (χ3v) is 7.41. The molecule has 3 aromatic rings. The van der Waals surface area contributed by atoms with E-state index in [4.69, 9.17) is 9.47 Å². The zero-order chi connectivity index (χ0) is 27.2. The number of anilines is 1. The van der Waals surface area contributed by atoms with Crippen molar-refractivity contribution < 1.29 is 23.0 Å². The summed E-state index contributed by atoms with van der Waals surface area (Å²) >= 11 is 1.46. The number of carbonyl (C=O) groups is 1. The Bertz CT molecular complexity index is 1260. The highest BCUT2D eigenvalue weighted by Crippen LogP contribution is 2.39. The van der Waals surface area contributed by atoms with Crippen molar-refractivity contribution in [3.63, 3.8) is 0 Å². The molecule has 1 N–H and O–H groups in total. The summed E-state index contributed by atoms with van der Waals surface area (Å²) in [7, 11) is 3.37. The van der Waals surface area contributed by atoms with Gasteiger partial charge in [-0.25, -0.2) is 18.7 Å². The number of thioether (sulfide) groups is 1. The topological polar surface area (TPSA) is 102 Å². The average Bonchev–Trinajstić information content (AvgIpc) is 3.18. The molecular formula is C26H30F2N6O3S. The number of hydrogen-bond acceptors (Lipinski definition) is 9. The Morgan fingerprint density at radius 3 is 2.58 bits per heavy atom. The molecule has 0 aromatic carbocycles. The number of nitrogens with one attached hydrogen (secondary N) is 1. The molecule has 1 fully saturated rings. The standard InChI is InChI=1S/C18H21N5O2S.C8H9F2NO/c1-11-6-7-13(8-19-11)16(24)22-18-23(2)15-17(26-18)21-14(9-20-15)25-10-12-4-3-5-12;1-5-3-6(8(9)10)11-4-7(5)12-2/h6-9,12,18H,3-5,10H2,1-2H3,(H,22,24);3-4,8H,1-2H3. The summed E-state index contributed by atoms with van der Waals surface area (Å²) in [5.41, 5.74) is 1.60. The highest BCUT2D eigenvalue weighted by atomic mass is 32.2. The van der Waals surface area contributed by atoms with E-state index in [9.17, 15) is 13.6 Å². The summed E-state index contributed by atoms with van der Waals surface area (Å²) in [5.74, 6) is 2.30. The molecule has 0 spiro atoms. The van der Waals surface area contributed by atoms with Crippen LogP contribution in [0, 0.1) is 19.8 Å². The van der Waals surface area contributed by atoms with Crippen LogP contribution in [0.5, 0.6) is 11.6 Å². The average molecular weight is 545 g/mol. The number of amides is 1. The van der Waals surface area contributed by atoms with Crippen molar-refractivity contribution in [2.24, 2.45) is 5.92 Å². The van der Waals surface area contributed by atoms with Crippen LogP contribution in [0.4, 0.5) is 14.6 Å². The normalized spacial score (nSPS) is 16.3. The van der Waals surface area contributed by atoms with Gasteiger partial charge in [0.15, 0.2) is 11.3 Å². The summed E-state index contributed by atoms with van der Waals surface area (Å²) in [6, 6.07) is 4.92. The van der Waals surface area contributed by atoms with Gasteiger partial charge in [0.25, 0.3) is 12.3 Å². The fraction of sp³-hybridized carbons (Fsp3) is 0.423. The van der Waals surface area contributed by atoms with Gasteiger partial charge in [-0.05, 0) is 56.4 Å². The van der Waals surface area contributed by atoms with Gasteiger partial charge >= 0.3 is 0 Å². The van der Waals surface area contributed by atoms with Crippen LogP contribution in [0.25, 0.3) is 0 Å². The number of aryl methyl sites for hydroxylation is 2. The number of carbonyl (C=O) groups excluding carboxylic acids is 1. The third-order valence-electron chi connectivity index (χ3n) is 6.26. The molecule has 1 amide bonds. The number of nitrogens with zero attached hydrogens (tertiary/aromatic N) is 5. The van der Waals surface area contributed by atoms with E-state index in [0.29, 0.717) is 35.3 Å². The van der Waals surface area contributed by atoms with Crippen LogP contribution in [-0.4, -0.2) is 52.1 Å². The van der Waals surface area contributed by atoms with Crippen molar-refractivity contribution in [1.82, 2.24) is 25.3 Å². The van der Waals surface area contributed by atoms with E-state index in [1.807, 2.05) is 24.9 Å². The lowest BCUT2D eigenvalue weighted by Crippen LogP contribution is -2.42. The minimum Gasteiger partial charge on any atom is -0.495 e. The van der Waals surface area contributed by atoms with Crippen molar-refractivity contribution in [2.75, 3.05) is 25.7 Å². The second-order valence-electron chi connectivity index (χ2n) is 9.07. The SMILES string of the molecule is COc1cnc(C(F)F)cc1C.Cc1ccc(C(=O)NC2Sc3nc(OCC4CCC4)cnc3N2C)cn1. The van der Waals surface area contributed by atoms with Crippen LogP contribution < -0.4 is 19.7 Å². The van der Waals surface area contributed by atoms with Crippen molar-refractivity contribution in [2.45, 2.75) is 50.1 Å². The van der Waals surface area contributed by atoms with Crippen LogP contribution in [0.2, 0.25) is 0 Å². The summed E-state index contributed by atoms with van der Waals surface area (Å²) in [5, 5.41) is 3.76. The summed E-state index contributed by atoms with van der Waals surface area (Å²) in [4.78, 5) is 31.1. The van der Waals surface area contributed by atoms with Gasteiger partial charge in [-0.15, -0.1) is 0 Å². The lowest BCUT2D eigenvalue weighted by Gasteiger charge is -2.24. The molecule has 1 unspecified atom stereocenters. The van der Waals surface area contributed by atoms with E-state index >= 15 is 0 Å². The lowest BCUT2D eigenvalue weighted by atomic mass is 9.86. The fourth-order valence-corrected chi connectivity index (χ4v) is 4.80.